The third-order valence-corrected chi connectivity index (χ3v) is 3.50. The van der Waals surface area contributed by atoms with Gasteiger partial charge in [-0.15, -0.1) is 0 Å². The number of pyridine rings is 1. The van der Waals surface area contributed by atoms with Gasteiger partial charge >= 0.3 is 0 Å². The molecule has 0 aliphatic heterocycles. The molecule has 1 aromatic carbocycles. The van der Waals surface area contributed by atoms with Crippen LogP contribution in [-0.4, -0.2) is 15.6 Å². The molecule has 0 saturated heterocycles. The van der Waals surface area contributed by atoms with Crippen molar-refractivity contribution in [2.24, 2.45) is 10.9 Å². The highest BCUT2D eigenvalue weighted by Crippen LogP contribution is 2.24. The molecule has 0 radical (unpaired) electrons. The summed E-state index contributed by atoms with van der Waals surface area (Å²) in [5, 5.41) is 12.4. The minimum atomic E-state index is -0.390. The van der Waals surface area contributed by atoms with Crippen molar-refractivity contribution in [3.63, 3.8) is 0 Å². The second-order valence-corrected chi connectivity index (χ2v) is 4.85. The first kappa shape index (κ1) is 14.4. The van der Waals surface area contributed by atoms with Crippen LogP contribution in [0.3, 0.4) is 0 Å². The average Bonchev–Trinajstić information content (AvgIpc) is 2.44. The molecule has 0 aliphatic carbocycles. The summed E-state index contributed by atoms with van der Waals surface area (Å²) in [5.41, 5.74) is 5.81. The molecule has 104 valence electrons. The van der Waals surface area contributed by atoms with Crippen LogP contribution >= 0.6 is 23.2 Å². The topological polar surface area (TPSA) is 80.6 Å². The molecule has 0 spiro atoms. The van der Waals surface area contributed by atoms with Gasteiger partial charge in [-0.1, -0.05) is 34.4 Å². The van der Waals surface area contributed by atoms with Gasteiger partial charge in [0.1, 0.15) is 0 Å². The zero-order valence-corrected chi connectivity index (χ0v) is 11.8. The van der Waals surface area contributed by atoms with Gasteiger partial charge in [-0.2, -0.15) is 0 Å². The highest BCUT2D eigenvalue weighted by atomic mass is 35.5. The Morgan fingerprint density at radius 2 is 1.90 bits per heavy atom. The van der Waals surface area contributed by atoms with Crippen LogP contribution in [0, 0.1) is 0 Å². The summed E-state index contributed by atoms with van der Waals surface area (Å²) in [6, 6.07) is 8.22. The smallest absolute Gasteiger partial charge is 0.261 e. The SMILES string of the molecule is N/C(=N/O)c1cccn(Cc2c(Cl)cccc2Cl)c1=O. The van der Waals surface area contributed by atoms with E-state index in [-0.39, 0.29) is 17.9 Å². The van der Waals surface area contributed by atoms with Crippen molar-refractivity contribution in [2.45, 2.75) is 6.54 Å². The van der Waals surface area contributed by atoms with Crippen LogP contribution in [0.25, 0.3) is 0 Å². The maximum atomic E-state index is 12.2. The number of nitrogens with zero attached hydrogens (tertiary/aromatic N) is 2. The highest BCUT2D eigenvalue weighted by Gasteiger charge is 2.11. The van der Waals surface area contributed by atoms with Crippen LogP contribution in [0.15, 0.2) is 46.5 Å². The molecule has 2 aromatic rings. The third-order valence-electron chi connectivity index (χ3n) is 2.79. The lowest BCUT2D eigenvalue weighted by Crippen LogP contribution is -2.30. The van der Waals surface area contributed by atoms with Crippen LogP contribution in [0.1, 0.15) is 11.1 Å². The Morgan fingerprint density at radius 1 is 1.25 bits per heavy atom. The Kier molecular flexibility index (Phi) is 4.32. The first-order valence-corrected chi connectivity index (χ1v) is 6.40. The summed E-state index contributed by atoms with van der Waals surface area (Å²) in [7, 11) is 0. The minimum absolute atomic E-state index is 0.109. The number of hydrogen-bond acceptors (Lipinski definition) is 3. The molecule has 0 saturated carbocycles. The maximum absolute atomic E-state index is 12.2. The first-order valence-electron chi connectivity index (χ1n) is 5.65. The fraction of sp³-hybridized carbons (Fsp3) is 0.0769. The van der Waals surface area contributed by atoms with Gasteiger partial charge in [0.15, 0.2) is 5.84 Å². The Balaban J connectivity index is 2.48. The number of aromatic nitrogens is 1. The number of amidine groups is 1. The predicted octanol–water partition coefficient (Wildman–Crippen LogP) is 2.30. The van der Waals surface area contributed by atoms with Crippen LogP contribution in [0.5, 0.6) is 0 Å². The van der Waals surface area contributed by atoms with E-state index in [1.54, 1.807) is 30.5 Å². The first-order chi connectivity index (χ1) is 9.54. The normalized spacial score (nSPS) is 11.6. The fourth-order valence-corrected chi connectivity index (χ4v) is 2.28. The molecule has 0 fully saturated rings. The Labute approximate surface area is 124 Å². The van der Waals surface area contributed by atoms with E-state index in [1.165, 1.54) is 10.6 Å². The molecule has 5 nitrogen and oxygen atoms in total. The highest BCUT2D eigenvalue weighted by molar-refractivity contribution is 6.35. The van der Waals surface area contributed by atoms with E-state index in [9.17, 15) is 4.79 Å². The standard InChI is InChI=1S/C13H11Cl2N3O2/c14-10-4-1-5-11(15)9(10)7-18-6-2-3-8(13(18)19)12(16)17-20/h1-6,20H,7H2,(H2,16,17). The van der Waals surface area contributed by atoms with Crippen molar-refractivity contribution < 1.29 is 5.21 Å². The monoisotopic (exact) mass is 311 g/mol. The summed E-state index contributed by atoms with van der Waals surface area (Å²) in [6.07, 6.45) is 1.58. The lowest BCUT2D eigenvalue weighted by molar-refractivity contribution is 0.318. The lowest BCUT2D eigenvalue weighted by Gasteiger charge is -2.10. The number of rotatable bonds is 3. The molecule has 0 bridgehead atoms. The van der Waals surface area contributed by atoms with E-state index in [0.29, 0.717) is 15.6 Å². The van der Waals surface area contributed by atoms with Crippen LogP contribution < -0.4 is 11.3 Å². The van der Waals surface area contributed by atoms with E-state index >= 15 is 0 Å². The predicted molar refractivity (Wildman–Crippen MR) is 78.8 cm³/mol. The molecule has 20 heavy (non-hydrogen) atoms. The van der Waals surface area contributed by atoms with E-state index in [1.807, 2.05) is 0 Å². The second kappa shape index (κ2) is 5.98. The molecule has 2 rings (SSSR count). The van der Waals surface area contributed by atoms with Crippen LogP contribution in [0.4, 0.5) is 0 Å². The molecular formula is C13H11Cl2N3O2. The van der Waals surface area contributed by atoms with E-state index in [4.69, 9.17) is 34.1 Å². The zero-order valence-electron chi connectivity index (χ0n) is 10.3. The molecular weight excluding hydrogens is 301 g/mol. The average molecular weight is 312 g/mol. The molecule has 0 atom stereocenters. The molecule has 0 aliphatic rings. The van der Waals surface area contributed by atoms with E-state index in [0.717, 1.165) is 0 Å². The fourth-order valence-electron chi connectivity index (χ4n) is 1.76. The second-order valence-electron chi connectivity index (χ2n) is 4.04. The third kappa shape index (κ3) is 2.79. The number of halogens is 2. The van der Waals surface area contributed by atoms with Gasteiger partial charge in [-0.05, 0) is 24.3 Å². The van der Waals surface area contributed by atoms with Crippen molar-refractivity contribution >= 4 is 29.0 Å². The van der Waals surface area contributed by atoms with Crippen molar-refractivity contribution in [3.8, 4) is 0 Å². The summed E-state index contributed by atoms with van der Waals surface area (Å²) in [5.74, 6) is -0.241. The Hall–Kier alpha value is -1.98. The number of benzene rings is 1. The Bertz CT molecular complexity index is 706. The largest absolute Gasteiger partial charge is 0.409 e. The number of nitrogens with two attached hydrogens (primary N) is 1. The lowest BCUT2D eigenvalue weighted by atomic mass is 10.2. The van der Waals surface area contributed by atoms with Crippen molar-refractivity contribution in [1.82, 2.24) is 4.57 Å². The van der Waals surface area contributed by atoms with Crippen molar-refractivity contribution in [2.75, 3.05) is 0 Å². The number of oxime groups is 1. The van der Waals surface area contributed by atoms with Gasteiger partial charge in [-0.3, -0.25) is 4.79 Å². The number of hydrogen-bond donors (Lipinski definition) is 2. The summed E-state index contributed by atoms with van der Waals surface area (Å²) >= 11 is 12.1. The summed E-state index contributed by atoms with van der Waals surface area (Å²) < 4.78 is 1.39. The van der Waals surface area contributed by atoms with E-state index < -0.39 is 5.56 Å². The summed E-state index contributed by atoms with van der Waals surface area (Å²) in [4.78, 5) is 12.2. The van der Waals surface area contributed by atoms with Crippen molar-refractivity contribution in [3.05, 3.63) is 68.1 Å². The van der Waals surface area contributed by atoms with Crippen molar-refractivity contribution in [1.29, 1.82) is 0 Å². The van der Waals surface area contributed by atoms with Gasteiger partial charge < -0.3 is 15.5 Å². The van der Waals surface area contributed by atoms with Crippen LogP contribution in [0.2, 0.25) is 10.0 Å². The van der Waals surface area contributed by atoms with E-state index in [2.05, 4.69) is 5.16 Å². The summed E-state index contributed by atoms with van der Waals surface area (Å²) in [6.45, 7) is 0.198. The van der Waals surface area contributed by atoms with Gasteiger partial charge in [0.25, 0.3) is 5.56 Å². The van der Waals surface area contributed by atoms with Gasteiger partial charge in [-0.25, -0.2) is 0 Å². The molecule has 1 heterocycles. The molecule has 1 aromatic heterocycles. The van der Waals surface area contributed by atoms with Gasteiger partial charge in [0.2, 0.25) is 0 Å². The maximum Gasteiger partial charge on any atom is 0.261 e. The van der Waals surface area contributed by atoms with Gasteiger partial charge in [0.05, 0.1) is 12.1 Å². The Morgan fingerprint density at radius 3 is 2.50 bits per heavy atom. The minimum Gasteiger partial charge on any atom is -0.409 e. The zero-order chi connectivity index (χ0) is 14.7. The van der Waals surface area contributed by atoms with Gasteiger partial charge in [0, 0.05) is 21.8 Å². The molecule has 3 N–H and O–H groups in total. The molecule has 0 unspecified atom stereocenters. The molecule has 7 heteroatoms. The molecule has 0 amide bonds. The quantitative estimate of drug-likeness (QED) is 0.395. The van der Waals surface area contributed by atoms with Crippen LogP contribution in [-0.2, 0) is 6.54 Å².